The Balaban J connectivity index is 3.11. The fourth-order valence-electron chi connectivity index (χ4n) is 0.342. The predicted molar refractivity (Wildman–Crippen MR) is 40.0 cm³/mol. The van der Waals surface area contributed by atoms with Crippen molar-refractivity contribution < 1.29 is 9.47 Å². The fraction of sp³-hybridized carbons (Fsp3) is 0.286. The monoisotopic (exact) mass is 141 g/mol. The minimum Gasteiger partial charge on any atom is -0.498 e. The van der Waals surface area contributed by atoms with Gasteiger partial charge in [-0.15, -0.1) is 0 Å². The van der Waals surface area contributed by atoms with Crippen LogP contribution < -0.4 is 0 Å². The Hall–Kier alpha value is -1.25. The summed E-state index contributed by atoms with van der Waals surface area (Å²) < 4.78 is 9.52. The van der Waals surface area contributed by atoms with Gasteiger partial charge in [-0.3, -0.25) is 5.41 Å². The van der Waals surface area contributed by atoms with Crippen molar-refractivity contribution in [3.05, 3.63) is 25.5 Å². The molecule has 0 rings (SSSR count). The van der Waals surface area contributed by atoms with Gasteiger partial charge in [0.05, 0.1) is 6.26 Å². The van der Waals surface area contributed by atoms with Gasteiger partial charge in [-0.2, -0.15) is 0 Å². The van der Waals surface area contributed by atoms with Crippen molar-refractivity contribution in [2.45, 2.75) is 0 Å². The molecule has 0 saturated carbocycles. The van der Waals surface area contributed by atoms with Crippen LogP contribution in [0.3, 0.4) is 0 Å². The molecular formula is C7H11NO2. The van der Waals surface area contributed by atoms with E-state index in [4.69, 9.17) is 14.9 Å². The highest BCUT2D eigenvalue weighted by Gasteiger charge is 1.88. The summed E-state index contributed by atoms with van der Waals surface area (Å²) in [7, 11) is 0. The molecule has 0 unspecified atom stereocenters. The van der Waals surface area contributed by atoms with E-state index in [0.717, 1.165) is 0 Å². The summed E-state index contributed by atoms with van der Waals surface area (Å²) in [6, 6.07) is 0. The quantitative estimate of drug-likeness (QED) is 0.271. The average Bonchev–Trinajstić information content (AvgIpc) is 1.98. The molecule has 0 amide bonds. The smallest absolute Gasteiger partial charge is 0.205 e. The summed E-state index contributed by atoms with van der Waals surface area (Å²) in [5.41, 5.74) is 0. The second-order valence-electron chi connectivity index (χ2n) is 1.45. The number of nitrogens with one attached hydrogen (secondary N) is 1. The molecule has 0 spiro atoms. The third-order valence-corrected chi connectivity index (χ3v) is 0.762. The van der Waals surface area contributed by atoms with E-state index in [1.165, 1.54) is 12.3 Å². The molecule has 3 nitrogen and oxygen atoms in total. The zero-order valence-corrected chi connectivity index (χ0v) is 5.80. The molecule has 0 heterocycles. The van der Waals surface area contributed by atoms with Crippen LogP contribution in [0.5, 0.6) is 0 Å². The number of ether oxygens (including phenoxy) is 2. The highest BCUT2D eigenvalue weighted by molar-refractivity contribution is 5.83. The van der Waals surface area contributed by atoms with Gasteiger partial charge in [0, 0.05) is 0 Å². The lowest BCUT2D eigenvalue weighted by Crippen LogP contribution is -2.05. The van der Waals surface area contributed by atoms with Crippen LogP contribution in [0.2, 0.25) is 0 Å². The first-order valence-corrected chi connectivity index (χ1v) is 2.87. The van der Waals surface area contributed by atoms with Gasteiger partial charge in [0.1, 0.15) is 13.2 Å². The SMILES string of the molecule is C=COCCOC(=N)C=C. The van der Waals surface area contributed by atoms with Crippen molar-refractivity contribution in [3.8, 4) is 0 Å². The summed E-state index contributed by atoms with van der Waals surface area (Å²) in [4.78, 5) is 0. The van der Waals surface area contributed by atoms with E-state index in [1.807, 2.05) is 0 Å². The van der Waals surface area contributed by atoms with Crippen LogP contribution in [-0.2, 0) is 9.47 Å². The summed E-state index contributed by atoms with van der Waals surface area (Å²) in [6.45, 7) is 7.47. The van der Waals surface area contributed by atoms with Crippen molar-refractivity contribution in [1.82, 2.24) is 0 Å². The predicted octanol–water partition coefficient (Wildman–Crippen LogP) is 1.33. The molecule has 0 aliphatic rings. The third kappa shape index (κ3) is 4.90. The van der Waals surface area contributed by atoms with Gasteiger partial charge >= 0.3 is 0 Å². The first kappa shape index (κ1) is 8.75. The molecule has 0 bridgehead atoms. The van der Waals surface area contributed by atoms with Crippen LogP contribution >= 0.6 is 0 Å². The zero-order chi connectivity index (χ0) is 7.82. The molecule has 1 N–H and O–H groups in total. The Kier molecular flexibility index (Phi) is 5.14. The molecule has 0 aliphatic carbocycles. The molecule has 0 aromatic rings. The Morgan fingerprint density at radius 2 is 2.10 bits per heavy atom. The summed E-state index contributed by atoms with van der Waals surface area (Å²) in [6.07, 6.45) is 2.66. The lowest BCUT2D eigenvalue weighted by molar-refractivity contribution is 0.173. The molecule has 0 aromatic carbocycles. The van der Waals surface area contributed by atoms with E-state index >= 15 is 0 Å². The van der Waals surface area contributed by atoms with Gasteiger partial charge in [-0.25, -0.2) is 0 Å². The van der Waals surface area contributed by atoms with Crippen molar-refractivity contribution in [2.24, 2.45) is 0 Å². The van der Waals surface area contributed by atoms with E-state index in [2.05, 4.69) is 13.2 Å². The van der Waals surface area contributed by atoms with E-state index in [0.29, 0.717) is 13.2 Å². The number of rotatable bonds is 5. The van der Waals surface area contributed by atoms with Gasteiger partial charge in [0.25, 0.3) is 0 Å². The normalized spacial score (nSPS) is 8.00. The van der Waals surface area contributed by atoms with Crippen molar-refractivity contribution in [1.29, 1.82) is 5.41 Å². The van der Waals surface area contributed by atoms with Crippen LogP contribution in [-0.4, -0.2) is 19.1 Å². The summed E-state index contributed by atoms with van der Waals surface area (Å²) in [5, 5.41) is 6.95. The molecule has 0 radical (unpaired) electrons. The lowest BCUT2D eigenvalue weighted by atomic mass is 10.6. The van der Waals surface area contributed by atoms with Crippen molar-refractivity contribution >= 4 is 5.90 Å². The van der Waals surface area contributed by atoms with Gasteiger partial charge in [0.2, 0.25) is 5.90 Å². The van der Waals surface area contributed by atoms with Crippen LogP contribution in [0.4, 0.5) is 0 Å². The van der Waals surface area contributed by atoms with E-state index in [9.17, 15) is 0 Å². The van der Waals surface area contributed by atoms with Crippen LogP contribution in [0.1, 0.15) is 0 Å². The minimum absolute atomic E-state index is 0.0627. The molecule has 0 saturated heterocycles. The van der Waals surface area contributed by atoms with Crippen LogP contribution in [0, 0.1) is 5.41 Å². The molecule has 0 fully saturated rings. The standard InChI is InChI=1S/C7H11NO2/c1-3-7(8)10-6-5-9-4-2/h3-4,8H,1-2,5-6H2. The van der Waals surface area contributed by atoms with Gasteiger partial charge in [-0.05, 0) is 6.08 Å². The highest BCUT2D eigenvalue weighted by atomic mass is 16.5. The first-order valence-electron chi connectivity index (χ1n) is 2.87. The van der Waals surface area contributed by atoms with Crippen LogP contribution in [0.25, 0.3) is 0 Å². The topological polar surface area (TPSA) is 42.3 Å². The van der Waals surface area contributed by atoms with Crippen molar-refractivity contribution in [2.75, 3.05) is 13.2 Å². The van der Waals surface area contributed by atoms with Gasteiger partial charge < -0.3 is 9.47 Å². The second kappa shape index (κ2) is 5.88. The maximum Gasteiger partial charge on any atom is 0.205 e. The van der Waals surface area contributed by atoms with E-state index in [1.54, 1.807) is 0 Å². The highest BCUT2D eigenvalue weighted by Crippen LogP contribution is 1.81. The number of hydrogen-bond donors (Lipinski definition) is 1. The molecule has 0 aromatic heterocycles. The largest absolute Gasteiger partial charge is 0.498 e. The molecule has 10 heavy (non-hydrogen) atoms. The van der Waals surface area contributed by atoms with Crippen LogP contribution in [0.15, 0.2) is 25.5 Å². The lowest BCUT2D eigenvalue weighted by Gasteiger charge is -2.01. The Bertz CT molecular complexity index is 132. The fourth-order valence-corrected chi connectivity index (χ4v) is 0.342. The molecule has 0 aliphatic heterocycles. The maximum absolute atomic E-state index is 6.95. The third-order valence-electron chi connectivity index (χ3n) is 0.762. The summed E-state index contributed by atoms with van der Waals surface area (Å²) >= 11 is 0. The van der Waals surface area contributed by atoms with Gasteiger partial charge in [-0.1, -0.05) is 13.2 Å². The van der Waals surface area contributed by atoms with Crippen molar-refractivity contribution in [3.63, 3.8) is 0 Å². The van der Waals surface area contributed by atoms with E-state index in [-0.39, 0.29) is 5.90 Å². The molecule has 56 valence electrons. The average molecular weight is 141 g/mol. The Morgan fingerprint density at radius 1 is 1.40 bits per heavy atom. The maximum atomic E-state index is 6.95. The zero-order valence-electron chi connectivity index (χ0n) is 5.80. The van der Waals surface area contributed by atoms with Gasteiger partial charge in [0.15, 0.2) is 0 Å². The Labute approximate surface area is 60.5 Å². The molecular weight excluding hydrogens is 130 g/mol. The van der Waals surface area contributed by atoms with E-state index < -0.39 is 0 Å². The number of hydrogen-bond acceptors (Lipinski definition) is 3. The summed E-state index contributed by atoms with van der Waals surface area (Å²) in [5.74, 6) is 0.0627. The first-order chi connectivity index (χ1) is 4.81. The Morgan fingerprint density at radius 3 is 2.60 bits per heavy atom. The second-order valence-corrected chi connectivity index (χ2v) is 1.45. The molecule has 3 heteroatoms. The molecule has 0 atom stereocenters. The minimum atomic E-state index is 0.0627.